The minimum absolute atomic E-state index is 0.00521. The van der Waals surface area contributed by atoms with Gasteiger partial charge in [-0.1, -0.05) is 54.4 Å². The normalized spacial score (nSPS) is 12.0. The molecule has 0 saturated carbocycles. The number of amides is 1. The first kappa shape index (κ1) is 15.6. The number of carbonyl (C=O) groups is 1. The molecular formula is C18H20ClNO. The van der Waals surface area contributed by atoms with Crippen molar-refractivity contribution in [3.63, 3.8) is 0 Å². The number of carbonyl (C=O) groups excluding carboxylic acids is 1. The third-order valence-electron chi connectivity index (χ3n) is 3.63. The van der Waals surface area contributed by atoms with Gasteiger partial charge >= 0.3 is 0 Å². The van der Waals surface area contributed by atoms with E-state index in [0.29, 0.717) is 10.6 Å². The van der Waals surface area contributed by atoms with Crippen molar-refractivity contribution >= 4 is 17.5 Å². The fourth-order valence-electron chi connectivity index (χ4n) is 2.50. The first-order valence-corrected chi connectivity index (χ1v) is 7.53. The third kappa shape index (κ3) is 3.64. The zero-order valence-corrected chi connectivity index (χ0v) is 13.4. The number of rotatable bonds is 4. The van der Waals surface area contributed by atoms with Crippen molar-refractivity contribution in [2.45, 2.75) is 33.2 Å². The maximum atomic E-state index is 12.4. The van der Waals surface area contributed by atoms with Crippen LogP contribution in [0.25, 0.3) is 0 Å². The van der Waals surface area contributed by atoms with Gasteiger partial charge in [0.2, 0.25) is 0 Å². The van der Waals surface area contributed by atoms with Crippen molar-refractivity contribution in [3.8, 4) is 0 Å². The lowest BCUT2D eigenvalue weighted by molar-refractivity contribution is 0.0935. The van der Waals surface area contributed by atoms with Crippen molar-refractivity contribution < 1.29 is 4.79 Å². The quantitative estimate of drug-likeness (QED) is 0.860. The summed E-state index contributed by atoms with van der Waals surface area (Å²) in [5.41, 5.74) is 4.09. The van der Waals surface area contributed by atoms with E-state index >= 15 is 0 Å². The van der Waals surface area contributed by atoms with Crippen molar-refractivity contribution in [3.05, 3.63) is 69.7 Å². The van der Waals surface area contributed by atoms with Crippen LogP contribution < -0.4 is 5.32 Å². The maximum absolute atomic E-state index is 12.4. The highest BCUT2D eigenvalue weighted by Gasteiger charge is 2.17. The third-order valence-corrected chi connectivity index (χ3v) is 3.96. The Morgan fingerprint density at radius 2 is 1.90 bits per heavy atom. The summed E-state index contributed by atoms with van der Waals surface area (Å²) in [6.07, 6.45) is 0.833. The highest BCUT2D eigenvalue weighted by molar-refractivity contribution is 6.33. The Balaban J connectivity index is 2.23. The van der Waals surface area contributed by atoms with Crippen molar-refractivity contribution in [1.29, 1.82) is 0 Å². The van der Waals surface area contributed by atoms with Crippen LogP contribution >= 0.6 is 11.6 Å². The number of aryl methyl sites for hydroxylation is 2. The maximum Gasteiger partial charge on any atom is 0.253 e. The molecular weight excluding hydrogens is 282 g/mol. The first-order valence-electron chi connectivity index (χ1n) is 7.15. The molecule has 3 heteroatoms. The molecule has 0 aliphatic carbocycles. The highest BCUT2D eigenvalue weighted by atomic mass is 35.5. The summed E-state index contributed by atoms with van der Waals surface area (Å²) >= 11 is 6.08. The number of hydrogen-bond acceptors (Lipinski definition) is 1. The number of hydrogen-bond donors (Lipinski definition) is 1. The molecule has 110 valence electrons. The molecule has 0 radical (unpaired) electrons. The molecule has 1 N–H and O–H groups in total. The Bertz CT molecular complexity index is 651. The van der Waals surface area contributed by atoms with E-state index in [1.165, 1.54) is 11.1 Å². The minimum atomic E-state index is -0.132. The lowest BCUT2D eigenvalue weighted by atomic mass is 9.97. The molecule has 1 atom stereocenters. The van der Waals surface area contributed by atoms with E-state index in [1.807, 2.05) is 12.1 Å². The average molecular weight is 302 g/mol. The fourth-order valence-corrected chi connectivity index (χ4v) is 2.72. The van der Waals surface area contributed by atoms with E-state index in [9.17, 15) is 4.79 Å². The van der Waals surface area contributed by atoms with Gasteiger partial charge in [-0.3, -0.25) is 4.79 Å². The summed E-state index contributed by atoms with van der Waals surface area (Å²) < 4.78 is 0. The average Bonchev–Trinajstić information content (AvgIpc) is 2.45. The monoisotopic (exact) mass is 301 g/mol. The zero-order chi connectivity index (χ0) is 15.4. The summed E-state index contributed by atoms with van der Waals surface area (Å²) in [5.74, 6) is -0.132. The molecule has 0 aliphatic rings. The lowest BCUT2D eigenvalue weighted by Gasteiger charge is -2.20. The van der Waals surface area contributed by atoms with E-state index in [1.54, 1.807) is 12.1 Å². The van der Waals surface area contributed by atoms with E-state index in [0.717, 1.165) is 12.0 Å². The molecule has 1 amide bonds. The van der Waals surface area contributed by atoms with Crippen LogP contribution in [0.5, 0.6) is 0 Å². The van der Waals surface area contributed by atoms with Gasteiger partial charge < -0.3 is 5.32 Å². The van der Waals surface area contributed by atoms with Gasteiger partial charge in [-0.25, -0.2) is 0 Å². The molecule has 1 unspecified atom stereocenters. The minimum Gasteiger partial charge on any atom is -0.345 e. The number of halogens is 1. The molecule has 21 heavy (non-hydrogen) atoms. The summed E-state index contributed by atoms with van der Waals surface area (Å²) in [7, 11) is 0. The van der Waals surface area contributed by atoms with Crippen molar-refractivity contribution in [2.75, 3.05) is 0 Å². The Morgan fingerprint density at radius 3 is 2.52 bits per heavy atom. The predicted octanol–water partition coefficient (Wildman–Crippen LogP) is 4.84. The topological polar surface area (TPSA) is 29.1 Å². The molecule has 0 saturated heterocycles. The van der Waals surface area contributed by atoms with Crippen LogP contribution in [0.15, 0.2) is 42.5 Å². The SMILES string of the molecule is CCC(NC(=O)c1ccccc1Cl)c1ccc(C)cc1C. The van der Waals surface area contributed by atoms with Gasteiger partial charge in [0.25, 0.3) is 5.91 Å². The van der Waals surface area contributed by atoms with Gasteiger partial charge in [0.05, 0.1) is 16.6 Å². The van der Waals surface area contributed by atoms with Crippen LogP contribution in [-0.4, -0.2) is 5.91 Å². The second-order valence-electron chi connectivity index (χ2n) is 5.27. The van der Waals surface area contributed by atoms with Gasteiger partial charge in [-0.05, 0) is 43.5 Å². The summed E-state index contributed by atoms with van der Waals surface area (Å²) in [6.45, 7) is 6.21. The van der Waals surface area contributed by atoms with Gasteiger partial charge in [0.15, 0.2) is 0 Å². The summed E-state index contributed by atoms with van der Waals surface area (Å²) in [6, 6.07) is 13.4. The molecule has 0 spiro atoms. The van der Waals surface area contributed by atoms with Crippen molar-refractivity contribution in [1.82, 2.24) is 5.32 Å². The molecule has 0 fully saturated rings. The number of benzene rings is 2. The Kier molecular flexibility index (Phi) is 5.03. The summed E-state index contributed by atoms with van der Waals surface area (Å²) in [5, 5.41) is 3.55. The molecule has 0 aliphatic heterocycles. The predicted molar refractivity (Wildman–Crippen MR) is 87.9 cm³/mol. The van der Waals surface area contributed by atoms with Crippen LogP contribution in [0.1, 0.15) is 46.4 Å². The van der Waals surface area contributed by atoms with Crippen LogP contribution in [0.4, 0.5) is 0 Å². The molecule has 0 aromatic heterocycles. The van der Waals surface area contributed by atoms with E-state index in [4.69, 9.17) is 11.6 Å². The standard InChI is InChI=1S/C18H20ClNO/c1-4-17(14-10-9-12(2)11-13(14)3)20-18(21)15-7-5-6-8-16(15)19/h5-11,17H,4H2,1-3H3,(H,20,21). The van der Waals surface area contributed by atoms with Crippen LogP contribution in [0, 0.1) is 13.8 Å². The molecule has 0 bridgehead atoms. The first-order chi connectivity index (χ1) is 10.0. The fraction of sp³-hybridized carbons (Fsp3) is 0.278. The molecule has 2 rings (SSSR count). The van der Waals surface area contributed by atoms with Gasteiger partial charge in [0.1, 0.15) is 0 Å². The molecule has 2 aromatic rings. The second-order valence-corrected chi connectivity index (χ2v) is 5.68. The van der Waals surface area contributed by atoms with E-state index < -0.39 is 0 Å². The van der Waals surface area contributed by atoms with Gasteiger partial charge in [0, 0.05) is 0 Å². The second kappa shape index (κ2) is 6.77. The lowest BCUT2D eigenvalue weighted by Crippen LogP contribution is -2.28. The van der Waals surface area contributed by atoms with Crippen LogP contribution in [0.3, 0.4) is 0 Å². The van der Waals surface area contributed by atoms with Crippen LogP contribution in [0.2, 0.25) is 5.02 Å². The largest absolute Gasteiger partial charge is 0.345 e. The van der Waals surface area contributed by atoms with Crippen molar-refractivity contribution in [2.24, 2.45) is 0 Å². The Labute approximate surface area is 131 Å². The van der Waals surface area contributed by atoms with Gasteiger partial charge in [-0.2, -0.15) is 0 Å². The molecule has 2 nitrogen and oxygen atoms in total. The Hall–Kier alpha value is -1.80. The smallest absolute Gasteiger partial charge is 0.253 e. The number of nitrogens with one attached hydrogen (secondary N) is 1. The molecule has 0 heterocycles. The molecule has 2 aromatic carbocycles. The van der Waals surface area contributed by atoms with E-state index in [2.05, 4.69) is 44.3 Å². The zero-order valence-electron chi connectivity index (χ0n) is 12.6. The van der Waals surface area contributed by atoms with Gasteiger partial charge in [-0.15, -0.1) is 0 Å². The van der Waals surface area contributed by atoms with Crippen LogP contribution in [-0.2, 0) is 0 Å². The highest BCUT2D eigenvalue weighted by Crippen LogP contribution is 2.23. The van der Waals surface area contributed by atoms with E-state index in [-0.39, 0.29) is 11.9 Å². The summed E-state index contributed by atoms with van der Waals surface area (Å²) in [4.78, 5) is 12.4. The Morgan fingerprint density at radius 1 is 1.19 bits per heavy atom.